The molecule has 0 spiro atoms. The molecule has 4 nitrogen and oxygen atoms in total. The zero-order valence-corrected chi connectivity index (χ0v) is 12.3. The SMILES string of the molecule is CNC(=O)c1ccccc1NC(=O)c1ccc(CCl)cc1. The summed E-state index contributed by atoms with van der Waals surface area (Å²) in [6, 6.07) is 13.9. The van der Waals surface area contributed by atoms with Crippen molar-refractivity contribution in [3.63, 3.8) is 0 Å². The molecule has 0 unspecified atom stereocenters. The molecule has 21 heavy (non-hydrogen) atoms. The molecule has 0 saturated carbocycles. The van der Waals surface area contributed by atoms with Gasteiger partial charge in [-0.25, -0.2) is 0 Å². The number of carbonyl (C=O) groups excluding carboxylic acids is 2. The smallest absolute Gasteiger partial charge is 0.255 e. The molecular formula is C16H15ClN2O2. The number of para-hydroxylation sites is 1. The van der Waals surface area contributed by atoms with Gasteiger partial charge in [0.05, 0.1) is 11.3 Å². The fraction of sp³-hybridized carbons (Fsp3) is 0.125. The Labute approximate surface area is 128 Å². The van der Waals surface area contributed by atoms with Crippen molar-refractivity contribution in [3.05, 3.63) is 65.2 Å². The molecule has 0 aliphatic rings. The van der Waals surface area contributed by atoms with Crippen LogP contribution in [0.4, 0.5) is 5.69 Å². The van der Waals surface area contributed by atoms with Crippen molar-refractivity contribution in [2.24, 2.45) is 0 Å². The first-order valence-corrected chi connectivity index (χ1v) is 6.96. The molecule has 0 heterocycles. The maximum Gasteiger partial charge on any atom is 0.255 e. The van der Waals surface area contributed by atoms with Crippen molar-refractivity contribution in [1.29, 1.82) is 0 Å². The molecule has 2 aromatic rings. The van der Waals surface area contributed by atoms with Crippen molar-refractivity contribution >= 4 is 29.1 Å². The number of halogens is 1. The van der Waals surface area contributed by atoms with Gasteiger partial charge < -0.3 is 10.6 Å². The molecule has 0 saturated heterocycles. The lowest BCUT2D eigenvalue weighted by molar-refractivity contribution is 0.0964. The normalized spacial score (nSPS) is 10.0. The second-order valence-electron chi connectivity index (χ2n) is 4.41. The Morgan fingerprint density at radius 2 is 1.67 bits per heavy atom. The van der Waals surface area contributed by atoms with Crippen LogP contribution in [-0.2, 0) is 5.88 Å². The molecule has 5 heteroatoms. The summed E-state index contributed by atoms with van der Waals surface area (Å²) in [5.41, 5.74) is 2.35. The van der Waals surface area contributed by atoms with Gasteiger partial charge in [0.25, 0.3) is 11.8 Å². The summed E-state index contributed by atoms with van der Waals surface area (Å²) in [7, 11) is 1.55. The fourth-order valence-electron chi connectivity index (χ4n) is 1.86. The summed E-state index contributed by atoms with van der Waals surface area (Å²) < 4.78 is 0. The molecule has 0 radical (unpaired) electrons. The van der Waals surface area contributed by atoms with E-state index in [0.29, 0.717) is 22.7 Å². The quantitative estimate of drug-likeness (QED) is 0.853. The van der Waals surface area contributed by atoms with Gasteiger partial charge >= 0.3 is 0 Å². The molecule has 0 fully saturated rings. The highest BCUT2D eigenvalue weighted by atomic mass is 35.5. The van der Waals surface area contributed by atoms with Crippen LogP contribution < -0.4 is 10.6 Å². The summed E-state index contributed by atoms with van der Waals surface area (Å²) in [5, 5.41) is 5.29. The third kappa shape index (κ3) is 3.61. The first-order valence-electron chi connectivity index (χ1n) is 6.43. The molecule has 0 aliphatic carbocycles. The first-order chi connectivity index (χ1) is 10.2. The summed E-state index contributed by atoms with van der Waals surface area (Å²) in [6.45, 7) is 0. The van der Waals surface area contributed by atoms with Gasteiger partial charge in [-0.1, -0.05) is 24.3 Å². The third-order valence-electron chi connectivity index (χ3n) is 3.02. The van der Waals surface area contributed by atoms with E-state index >= 15 is 0 Å². The van der Waals surface area contributed by atoms with Crippen molar-refractivity contribution in [1.82, 2.24) is 5.32 Å². The fourth-order valence-corrected chi connectivity index (χ4v) is 2.04. The lowest BCUT2D eigenvalue weighted by Gasteiger charge is -2.10. The van der Waals surface area contributed by atoms with Crippen LogP contribution in [0.25, 0.3) is 0 Å². The van der Waals surface area contributed by atoms with Gasteiger partial charge in [-0.2, -0.15) is 0 Å². The van der Waals surface area contributed by atoms with Gasteiger partial charge in [0, 0.05) is 18.5 Å². The number of rotatable bonds is 4. The molecular weight excluding hydrogens is 288 g/mol. The lowest BCUT2D eigenvalue weighted by Crippen LogP contribution is -2.21. The van der Waals surface area contributed by atoms with Crippen molar-refractivity contribution in [2.45, 2.75) is 5.88 Å². The van der Waals surface area contributed by atoms with Gasteiger partial charge in [-0.3, -0.25) is 9.59 Å². The van der Waals surface area contributed by atoms with Gasteiger partial charge in [0.2, 0.25) is 0 Å². The van der Waals surface area contributed by atoms with E-state index in [2.05, 4.69) is 10.6 Å². The molecule has 2 rings (SSSR count). The van der Waals surface area contributed by atoms with E-state index in [9.17, 15) is 9.59 Å². The van der Waals surface area contributed by atoms with Crippen molar-refractivity contribution in [3.8, 4) is 0 Å². The topological polar surface area (TPSA) is 58.2 Å². The lowest BCUT2D eigenvalue weighted by atomic mass is 10.1. The first kappa shape index (κ1) is 15.1. The van der Waals surface area contributed by atoms with E-state index in [4.69, 9.17) is 11.6 Å². The summed E-state index contributed by atoms with van der Waals surface area (Å²) in [4.78, 5) is 24.0. The minimum atomic E-state index is -0.271. The zero-order chi connectivity index (χ0) is 15.2. The van der Waals surface area contributed by atoms with E-state index < -0.39 is 0 Å². The van der Waals surface area contributed by atoms with Crippen LogP contribution in [0.5, 0.6) is 0 Å². The number of hydrogen-bond donors (Lipinski definition) is 2. The summed E-state index contributed by atoms with van der Waals surface area (Å²) >= 11 is 5.72. The predicted octanol–water partition coefficient (Wildman–Crippen LogP) is 3.04. The standard InChI is InChI=1S/C16H15ClN2O2/c1-18-16(21)13-4-2-3-5-14(13)19-15(20)12-8-6-11(10-17)7-9-12/h2-9H,10H2,1H3,(H,18,21)(H,19,20). The van der Waals surface area contributed by atoms with Crippen LogP contribution in [0, 0.1) is 0 Å². The average Bonchev–Trinajstić information content (AvgIpc) is 2.54. The Balaban J connectivity index is 2.21. The molecule has 0 aliphatic heterocycles. The molecule has 0 aromatic heterocycles. The second-order valence-corrected chi connectivity index (χ2v) is 4.68. The third-order valence-corrected chi connectivity index (χ3v) is 3.33. The number of amides is 2. The maximum absolute atomic E-state index is 12.2. The predicted molar refractivity (Wildman–Crippen MR) is 83.8 cm³/mol. The van der Waals surface area contributed by atoms with Gasteiger partial charge in [0.15, 0.2) is 0 Å². The number of carbonyl (C=O) groups is 2. The van der Waals surface area contributed by atoms with Crippen LogP contribution in [-0.4, -0.2) is 18.9 Å². The van der Waals surface area contributed by atoms with Crippen LogP contribution in [0.1, 0.15) is 26.3 Å². The van der Waals surface area contributed by atoms with Crippen LogP contribution in [0.15, 0.2) is 48.5 Å². The molecule has 0 atom stereocenters. The molecule has 108 valence electrons. The minimum absolute atomic E-state index is 0.247. The summed E-state index contributed by atoms with van der Waals surface area (Å²) in [6.07, 6.45) is 0. The van der Waals surface area contributed by atoms with Crippen LogP contribution >= 0.6 is 11.6 Å². The van der Waals surface area contributed by atoms with Gasteiger partial charge in [-0.15, -0.1) is 11.6 Å². The van der Waals surface area contributed by atoms with E-state index in [0.717, 1.165) is 5.56 Å². The van der Waals surface area contributed by atoms with Crippen LogP contribution in [0.3, 0.4) is 0 Å². The van der Waals surface area contributed by atoms with E-state index in [1.165, 1.54) is 0 Å². The molecule has 2 N–H and O–H groups in total. The number of hydrogen-bond acceptors (Lipinski definition) is 2. The Hall–Kier alpha value is -2.33. The molecule has 0 bridgehead atoms. The highest BCUT2D eigenvalue weighted by Crippen LogP contribution is 2.16. The van der Waals surface area contributed by atoms with Gasteiger partial charge in [0.1, 0.15) is 0 Å². The molecule has 2 aromatic carbocycles. The monoisotopic (exact) mass is 302 g/mol. The van der Waals surface area contributed by atoms with E-state index in [1.807, 2.05) is 0 Å². The van der Waals surface area contributed by atoms with Crippen molar-refractivity contribution in [2.75, 3.05) is 12.4 Å². The second kappa shape index (κ2) is 6.90. The largest absolute Gasteiger partial charge is 0.355 e. The molecule has 2 amide bonds. The van der Waals surface area contributed by atoms with Gasteiger partial charge in [-0.05, 0) is 29.8 Å². The number of benzene rings is 2. The Kier molecular flexibility index (Phi) is 4.95. The Morgan fingerprint density at radius 3 is 2.29 bits per heavy atom. The number of nitrogens with one attached hydrogen (secondary N) is 2. The maximum atomic E-state index is 12.2. The average molecular weight is 303 g/mol. The van der Waals surface area contributed by atoms with E-state index in [1.54, 1.807) is 55.6 Å². The van der Waals surface area contributed by atoms with E-state index in [-0.39, 0.29) is 11.8 Å². The minimum Gasteiger partial charge on any atom is -0.355 e. The summed E-state index contributed by atoms with van der Waals surface area (Å²) in [5.74, 6) is -0.114. The van der Waals surface area contributed by atoms with Crippen LogP contribution in [0.2, 0.25) is 0 Å². The highest BCUT2D eigenvalue weighted by Gasteiger charge is 2.12. The number of anilines is 1. The Morgan fingerprint density at radius 1 is 1.00 bits per heavy atom. The van der Waals surface area contributed by atoms with Crippen molar-refractivity contribution < 1.29 is 9.59 Å². The zero-order valence-electron chi connectivity index (χ0n) is 11.5. The number of alkyl halides is 1. The highest BCUT2D eigenvalue weighted by molar-refractivity contribution is 6.17. The Bertz CT molecular complexity index is 654.